The zero-order valence-corrected chi connectivity index (χ0v) is 19.2. The molecular weight excluding hydrogens is 450 g/mol. The predicted octanol–water partition coefficient (Wildman–Crippen LogP) is 5.88. The molecule has 174 valence electrons. The molecule has 0 aliphatic carbocycles. The Hall–Kier alpha value is -2.84. The fourth-order valence-corrected chi connectivity index (χ4v) is 5.36. The van der Waals surface area contributed by atoms with Gasteiger partial charge in [0.25, 0.3) is 0 Å². The van der Waals surface area contributed by atoms with Crippen LogP contribution in [-0.2, 0) is 25.6 Å². The van der Waals surface area contributed by atoms with Gasteiger partial charge >= 0.3 is 0 Å². The lowest BCUT2D eigenvalue weighted by atomic mass is 9.96. The molecule has 8 heteroatoms. The van der Waals surface area contributed by atoms with E-state index in [4.69, 9.17) is 18.9 Å². The van der Waals surface area contributed by atoms with E-state index in [0.717, 1.165) is 16.0 Å². The van der Waals surface area contributed by atoms with Crippen LogP contribution in [-0.4, -0.2) is 36.4 Å². The highest BCUT2D eigenvalue weighted by molar-refractivity contribution is 7.99. The number of azide groups is 1. The Morgan fingerprint density at radius 1 is 0.912 bits per heavy atom. The molecule has 0 spiro atoms. The standard InChI is InChI=1S/C26H25N3O4S/c27-29-28-22-23-21(17-31-25(33-23)19-12-6-2-7-13-19)32-26(34-20-14-8-3-9-15-20)24(22)30-16-18-10-4-1-5-11-18/h1-15,21-26H,16-17H2/t21-,22+,23-,24-,25-,26+/m1/s1. The van der Waals surface area contributed by atoms with E-state index in [-0.39, 0.29) is 6.10 Å². The minimum Gasteiger partial charge on any atom is -0.369 e. The van der Waals surface area contributed by atoms with E-state index in [0.29, 0.717) is 13.2 Å². The summed E-state index contributed by atoms with van der Waals surface area (Å²) >= 11 is 1.55. The fraction of sp³-hybridized carbons (Fsp3) is 0.308. The number of thioether (sulfide) groups is 1. The predicted molar refractivity (Wildman–Crippen MR) is 129 cm³/mol. The van der Waals surface area contributed by atoms with Crippen LogP contribution in [0.4, 0.5) is 0 Å². The first-order chi connectivity index (χ1) is 16.8. The van der Waals surface area contributed by atoms with Crippen molar-refractivity contribution in [1.29, 1.82) is 0 Å². The maximum Gasteiger partial charge on any atom is 0.184 e. The molecule has 2 saturated heterocycles. The summed E-state index contributed by atoms with van der Waals surface area (Å²) in [5.74, 6) is 0. The number of hydrogen-bond donors (Lipinski definition) is 0. The van der Waals surface area contributed by atoms with Crippen molar-refractivity contribution in [3.05, 3.63) is 113 Å². The van der Waals surface area contributed by atoms with Gasteiger partial charge in [-0.15, -0.1) is 0 Å². The average molecular weight is 476 g/mol. The van der Waals surface area contributed by atoms with Crippen molar-refractivity contribution in [2.75, 3.05) is 6.61 Å². The molecular formula is C26H25N3O4S. The van der Waals surface area contributed by atoms with Gasteiger partial charge in [0.2, 0.25) is 0 Å². The van der Waals surface area contributed by atoms with Gasteiger partial charge < -0.3 is 18.9 Å². The molecule has 0 radical (unpaired) electrons. The van der Waals surface area contributed by atoms with Crippen LogP contribution in [0.3, 0.4) is 0 Å². The number of rotatable bonds is 7. The molecule has 0 unspecified atom stereocenters. The highest BCUT2D eigenvalue weighted by atomic mass is 32.2. The van der Waals surface area contributed by atoms with Gasteiger partial charge in [-0.1, -0.05) is 95.7 Å². The molecule has 6 atom stereocenters. The van der Waals surface area contributed by atoms with Gasteiger partial charge in [-0.05, 0) is 23.2 Å². The van der Waals surface area contributed by atoms with E-state index in [2.05, 4.69) is 10.0 Å². The minimum absolute atomic E-state index is 0.332. The van der Waals surface area contributed by atoms with E-state index in [9.17, 15) is 5.53 Å². The highest BCUT2D eigenvalue weighted by Gasteiger charge is 2.50. The third kappa shape index (κ3) is 5.28. The second-order valence-corrected chi connectivity index (χ2v) is 9.28. The summed E-state index contributed by atoms with van der Waals surface area (Å²) in [6.45, 7) is 0.701. The Morgan fingerprint density at radius 2 is 1.59 bits per heavy atom. The molecule has 3 aromatic rings. The summed E-state index contributed by atoms with van der Waals surface area (Å²) in [5, 5.41) is 4.16. The minimum atomic E-state index is -0.580. The summed E-state index contributed by atoms with van der Waals surface area (Å²) in [6, 6.07) is 29.1. The Balaban J connectivity index is 1.42. The SMILES string of the molecule is [N-]=[N+]=N[C@@H]1[C@@H](OCc2ccccc2)[C@H](Sc2ccccc2)O[C@@H]2CO[C@@H](c3ccccc3)O[C@@H]12. The normalized spacial score (nSPS) is 28.5. The maximum absolute atomic E-state index is 9.44. The van der Waals surface area contributed by atoms with Crippen molar-refractivity contribution in [3.8, 4) is 0 Å². The van der Waals surface area contributed by atoms with E-state index in [1.807, 2.05) is 91.0 Å². The summed E-state index contributed by atoms with van der Waals surface area (Å²) in [4.78, 5) is 4.19. The monoisotopic (exact) mass is 475 g/mol. The van der Waals surface area contributed by atoms with Gasteiger partial charge in [0.15, 0.2) is 6.29 Å². The Bertz CT molecular complexity index is 1100. The lowest BCUT2D eigenvalue weighted by molar-refractivity contribution is -0.300. The van der Waals surface area contributed by atoms with Gasteiger partial charge in [-0.2, -0.15) is 0 Å². The lowest BCUT2D eigenvalue weighted by Gasteiger charge is -2.48. The molecule has 7 nitrogen and oxygen atoms in total. The molecule has 2 heterocycles. The van der Waals surface area contributed by atoms with Crippen molar-refractivity contribution < 1.29 is 18.9 Å². The van der Waals surface area contributed by atoms with Crippen LogP contribution in [0, 0.1) is 0 Å². The molecule has 0 aromatic heterocycles. The van der Waals surface area contributed by atoms with Crippen molar-refractivity contribution in [3.63, 3.8) is 0 Å². The van der Waals surface area contributed by atoms with Crippen LogP contribution in [0.15, 0.2) is 101 Å². The smallest absolute Gasteiger partial charge is 0.184 e. The summed E-state index contributed by atoms with van der Waals surface area (Å²) < 4.78 is 25.2. The third-order valence-electron chi connectivity index (χ3n) is 5.85. The molecule has 2 aliphatic rings. The van der Waals surface area contributed by atoms with Crippen LogP contribution in [0.2, 0.25) is 0 Å². The number of nitrogens with zero attached hydrogens (tertiary/aromatic N) is 3. The lowest BCUT2D eigenvalue weighted by Crippen LogP contribution is -2.60. The van der Waals surface area contributed by atoms with E-state index in [1.54, 1.807) is 11.8 Å². The van der Waals surface area contributed by atoms with Crippen molar-refractivity contribution in [2.45, 2.75) is 47.6 Å². The molecule has 0 saturated carbocycles. The van der Waals surface area contributed by atoms with Gasteiger partial charge in [0.1, 0.15) is 23.7 Å². The van der Waals surface area contributed by atoms with Crippen molar-refractivity contribution in [1.82, 2.24) is 0 Å². The third-order valence-corrected chi connectivity index (χ3v) is 7.00. The largest absolute Gasteiger partial charge is 0.369 e. The quantitative estimate of drug-likeness (QED) is 0.242. The second kappa shape index (κ2) is 11.1. The molecule has 0 N–H and O–H groups in total. The average Bonchev–Trinajstić information content (AvgIpc) is 2.90. The van der Waals surface area contributed by atoms with Gasteiger partial charge in [0.05, 0.1) is 19.3 Å². The summed E-state index contributed by atoms with van der Waals surface area (Å²) in [7, 11) is 0. The first-order valence-electron chi connectivity index (χ1n) is 11.2. The summed E-state index contributed by atoms with van der Waals surface area (Å²) in [6.07, 6.45) is -1.95. The van der Waals surface area contributed by atoms with Crippen LogP contribution in [0.5, 0.6) is 0 Å². The molecule has 3 aromatic carbocycles. The fourth-order valence-electron chi connectivity index (χ4n) is 4.21. The van der Waals surface area contributed by atoms with Crippen LogP contribution < -0.4 is 0 Å². The van der Waals surface area contributed by atoms with Gasteiger partial charge in [-0.25, -0.2) is 0 Å². The van der Waals surface area contributed by atoms with E-state index < -0.39 is 30.0 Å². The number of fused-ring (bicyclic) bond motifs is 1. The molecule has 0 bridgehead atoms. The van der Waals surface area contributed by atoms with Crippen LogP contribution >= 0.6 is 11.8 Å². The molecule has 2 fully saturated rings. The van der Waals surface area contributed by atoms with Gasteiger partial charge in [-0.3, -0.25) is 0 Å². The Morgan fingerprint density at radius 3 is 2.29 bits per heavy atom. The van der Waals surface area contributed by atoms with Crippen LogP contribution in [0.25, 0.3) is 10.4 Å². The maximum atomic E-state index is 9.44. The van der Waals surface area contributed by atoms with Crippen molar-refractivity contribution in [2.24, 2.45) is 5.11 Å². The Kier molecular flexibility index (Phi) is 7.46. The number of hydrogen-bond acceptors (Lipinski definition) is 6. The zero-order chi connectivity index (χ0) is 23.2. The number of ether oxygens (including phenoxy) is 4. The highest BCUT2D eigenvalue weighted by Crippen LogP contribution is 2.41. The molecule has 0 amide bonds. The first kappa shape index (κ1) is 22.9. The van der Waals surface area contributed by atoms with Crippen molar-refractivity contribution >= 4 is 11.8 Å². The topological polar surface area (TPSA) is 85.7 Å². The molecule has 5 rings (SSSR count). The molecule has 2 aliphatic heterocycles. The Labute approximate surface area is 202 Å². The van der Waals surface area contributed by atoms with E-state index >= 15 is 0 Å². The van der Waals surface area contributed by atoms with E-state index in [1.165, 1.54) is 0 Å². The first-order valence-corrected chi connectivity index (χ1v) is 12.1. The van der Waals surface area contributed by atoms with Gasteiger partial charge in [0, 0.05) is 15.4 Å². The second-order valence-electron chi connectivity index (χ2n) is 8.11. The molecule has 34 heavy (non-hydrogen) atoms. The van der Waals surface area contributed by atoms with Crippen LogP contribution in [0.1, 0.15) is 17.4 Å². The summed E-state index contributed by atoms with van der Waals surface area (Å²) in [5.41, 5.74) is 11.0. The zero-order valence-electron chi connectivity index (χ0n) is 18.4. The number of benzene rings is 3.